The van der Waals surface area contributed by atoms with Crippen molar-refractivity contribution in [3.05, 3.63) is 9.96 Å². The minimum Gasteiger partial charge on any atom is -0.668 e. The SMILES string of the molecule is C1CC[N-]C1.C[Si](C)(C)[N-][Si](C)(C)C.[Sn+2]. The van der Waals surface area contributed by atoms with E-state index in [0.717, 1.165) is 13.1 Å². The first-order chi connectivity index (χ1) is 6.21. The van der Waals surface area contributed by atoms with Gasteiger partial charge >= 0.3 is 23.9 Å². The molecule has 1 rings (SSSR count). The van der Waals surface area contributed by atoms with E-state index in [-0.39, 0.29) is 23.9 Å². The molecule has 2 radical (unpaired) electrons. The standard InChI is InChI=1S/C6H18NSi2.C4H8N.Sn/c1-8(2,3)7-9(4,5)6;1-2-4-5-3-1;/h1-6H3;1-4H2;/q2*-1;+2. The smallest absolute Gasteiger partial charge is 0.668 e. The molecule has 0 aromatic heterocycles. The number of rotatable bonds is 2. The molecule has 2 nitrogen and oxygen atoms in total. The Hall–Kier alpha value is 1.15. The largest absolute Gasteiger partial charge is 2.00 e. The maximum atomic E-state index is 4.82. The van der Waals surface area contributed by atoms with E-state index in [9.17, 15) is 0 Å². The fourth-order valence-electron chi connectivity index (χ4n) is 1.57. The molecule has 0 saturated carbocycles. The number of hydrogen-bond acceptors (Lipinski definition) is 0. The van der Waals surface area contributed by atoms with Crippen LogP contribution in [0, 0.1) is 0 Å². The maximum Gasteiger partial charge on any atom is 2.00 e. The normalized spacial score (nSPS) is 16.4. The first kappa shape index (κ1) is 18.5. The van der Waals surface area contributed by atoms with Gasteiger partial charge < -0.3 is 9.96 Å². The summed E-state index contributed by atoms with van der Waals surface area (Å²) in [5.74, 6) is 0. The zero-order valence-electron chi connectivity index (χ0n) is 11.2. The fourth-order valence-corrected chi connectivity index (χ4v) is 9.62. The van der Waals surface area contributed by atoms with Crippen molar-refractivity contribution in [2.24, 2.45) is 0 Å². The van der Waals surface area contributed by atoms with Crippen LogP contribution in [0.25, 0.3) is 9.96 Å². The molecule has 0 bridgehead atoms. The Morgan fingerprint density at radius 1 is 0.800 bits per heavy atom. The van der Waals surface area contributed by atoms with Crippen molar-refractivity contribution in [3.8, 4) is 0 Å². The summed E-state index contributed by atoms with van der Waals surface area (Å²) in [6, 6.07) is 0. The monoisotopic (exact) mass is 350 g/mol. The quantitative estimate of drug-likeness (QED) is 0.679. The van der Waals surface area contributed by atoms with Gasteiger partial charge in [-0.2, -0.15) is 0 Å². The van der Waals surface area contributed by atoms with E-state index in [4.69, 9.17) is 4.65 Å². The Kier molecular flexibility index (Phi) is 10.2. The summed E-state index contributed by atoms with van der Waals surface area (Å²) in [6.45, 7) is 16.0. The Morgan fingerprint density at radius 2 is 1.13 bits per heavy atom. The van der Waals surface area contributed by atoms with Crippen LogP contribution in [0.2, 0.25) is 39.3 Å². The van der Waals surface area contributed by atoms with Gasteiger partial charge in [-0.3, -0.25) is 0 Å². The molecule has 1 fully saturated rings. The molecule has 0 spiro atoms. The predicted octanol–water partition coefficient (Wildman–Crippen LogP) is 3.80. The van der Waals surface area contributed by atoms with Crippen molar-refractivity contribution < 1.29 is 0 Å². The van der Waals surface area contributed by atoms with E-state index in [1.807, 2.05) is 0 Å². The average Bonchev–Trinajstić information content (AvgIpc) is 2.29. The molecular weight excluding hydrogens is 323 g/mol. The van der Waals surface area contributed by atoms with Crippen LogP contribution < -0.4 is 0 Å². The van der Waals surface area contributed by atoms with Gasteiger partial charge in [0.25, 0.3) is 0 Å². The maximum absolute atomic E-state index is 4.82. The zero-order valence-corrected chi connectivity index (χ0v) is 16.1. The van der Waals surface area contributed by atoms with Crippen molar-refractivity contribution in [2.45, 2.75) is 52.1 Å². The number of hydrogen-bond donors (Lipinski definition) is 0. The Morgan fingerprint density at radius 3 is 1.20 bits per heavy atom. The van der Waals surface area contributed by atoms with Gasteiger partial charge in [-0.25, -0.2) is 0 Å². The molecule has 0 N–H and O–H groups in total. The first-order valence-corrected chi connectivity index (χ1v) is 12.5. The van der Waals surface area contributed by atoms with E-state index < -0.39 is 16.5 Å². The molecule has 0 unspecified atom stereocenters. The molecule has 0 atom stereocenters. The molecule has 0 aliphatic carbocycles. The van der Waals surface area contributed by atoms with Crippen LogP contribution in [0.3, 0.4) is 0 Å². The second kappa shape index (κ2) is 8.27. The molecule has 88 valence electrons. The summed E-state index contributed by atoms with van der Waals surface area (Å²) in [4.78, 5) is 0. The Bertz CT molecular complexity index is 129. The summed E-state index contributed by atoms with van der Waals surface area (Å²) in [6.07, 6.45) is 2.67. The van der Waals surface area contributed by atoms with Crippen LogP contribution >= 0.6 is 0 Å². The molecular formula is C10H26N2Si2Sn. The second-order valence-electron chi connectivity index (χ2n) is 5.83. The van der Waals surface area contributed by atoms with Crippen LogP contribution in [0.4, 0.5) is 0 Å². The van der Waals surface area contributed by atoms with E-state index in [2.05, 4.69) is 44.6 Å². The molecule has 1 aliphatic rings. The van der Waals surface area contributed by atoms with Crippen LogP contribution in [-0.2, 0) is 0 Å². The molecule has 15 heavy (non-hydrogen) atoms. The topological polar surface area (TPSA) is 28.2 Å². The van der Waals surface area contributed by atoms with Gasteiger partial charge in [-0.1, -0.05) is 68.6 Å². The Balaban J connectivity index is 0. The van der Waals surface area contributed by atoms with Crippen LogP contribution in [-0.4, -0.2) is 53.5 Å². The minimum absolute atomic E-state index is 0. The molecule has 5 heteroatoms. The summed E-state index contributed by atoms with van der Waals surface area (Å²) < 4.78 is 4.82. The first-order valence-electron chi connectivity index (χ1n) is 5.58. The Labute approximate surface area is 115 Å². The third kappa shape index (κ3) is 17.7. The van der Waals surface area contributed by atoms with Crippen molar-refractivity contribution in [1.82, 2.24) is 0 Å². The summed E-state index contributed by atoms with van der Waals surface area (Å²) in [5, 5.41) is 4.08. The fraction of sp³-hybridized carbons (Fsp3) is 1.00. The van der Waals surface area contributed by atoms with Crippen molar-refractivity contribution in [3.63, 3.8) is 0 Å². The van der Waals surface area contributed by atoms with Crippen LogP contribution in [0.1, 0.15) is 12.8 Å². The van der Waals surface area contributed by atoms with E-state index in [1.54, 1.807) is 0 Å². The summed E-state index contributed by atoms with van der Waals surface area (Å²) in [7, 11) is -2.21. The molecule has 0 amide bonds. The zero-order chi connectivity index (χ0) is 11.2. The van der Waals surface area contributed by atoms with Gasteiger partial charge in [-0.15, -0.1) is 13.1 Å². The predicted molar refractivity (Wildman–Crippen MR) is 78.1 cm³/mol. The third-order valence-corrected chi connectivity index (χ3v) is 6.92. The van der Waals surface area contributed by atoms with E-state index in [0.29, 0.717) is 0 Å². The van der Waals surface area contributed by atoms with E-state index >= 15 is 0 Å². The van der Waals surface area contributed by atoms with Crippen LogP contribution in [0.15, 0.2) is 0 Å². The number of nitrogens with zero attached hydrogens (tertiary/aromatic N) is 2. The van der Waals surface area contributed by atoms with Gasteiger partial charge in [0.1, 0.15) is 0 Å². The van der Waals surface area contributed by atoms with Crippen molar-refractivity contribution in [2.75, 3.05) is 13.1 Å². The van der Waals surface area contributed by atoms with Gasteiger partial charge in [0.05, 0.1) is 0 Å². The summed E-state index contributed by atoms with van der Waals surface area (Å²) in [5.41, 5.74) is 0. The van der Waals surface area contributed by atoms with Gasteiger partial charge in [0.2, 0.25) is 0 Å². The van der Waals surface area contributed by atoms with Gasteiger partial charge in [-0.05, 0) is 0 Å². The van der Waals surface area contributed by atoms with Crippen molar-refractivity contribution in [1.29, 1.82) is 0 Å². The van der Waals surface area contributed by atoms with Gasteiger partial charge in [0.15, 0.2) is 0 Å². The third-order valence-electron chi connectivity index (χ3n) is 1.55. The molecule has 1 aliphatic heterocycles. The molecule has 1 saturated heterocycles. The molecule has 0 aromatic carbocycles. The summed E-state index contributed by atoms with van der Waals surface area (Å²) >= 11 is 0. The average molecular weight is 349 g/mol. The van der Waals surface area contributed by atoms with Crippen molar-refractivity contribution >= 4 is 40.4 Å². The molecule has 1 heterocycles. The van der Waals surface area contributed by atoms with Gasteiger partial charge in [0, 0.05) is 0 Å². The minimum atomic E-state index is -1.11. The van der Waals surface area contributed by atoms with Crippen LogP contribution in [0.5, 0.6) is 0 Å². The van der Waals surface area contributed by atoms with E-state index in [1.165, 1.54) is 12.8 Å². The second-order valence-corrected chi connectivity index (χ2v) is 15.4. The molecule has 0 aromatic rings.